The molecule has 0 aliphatic heterocycles. The van der Waals surface area contributed by atoms with Gasteiger partial charge in [0, 0.05) is 17.5 Å². The number of nitrogens with one attached hydrogen (secondary N) is 2. The molecule has 6 heteroatoms. The van der Waals surface area contributed by atoms with Crippen molar-refractivity contribution in [1.82, 2.24) is 19.7 Å². The Balaban J connectivity index is 1.87. The summed E-state index contributed by atoms with van der Waals surface area (Å²) < 4.78 is 2.51. The van der Waals surface area contributed by atoms with Gasteiger partial charge in [0.25, 0.3) is 5.91 Å². The van der Waals surface area contributed by atoms with Crippen LogP contribution in [0.2, 0.25) is 0 Å². The molecule has 0 aliphatic rings. The molecule has 2 aromatic carbocycles. The first kappa shape index (κ1) is 15.8. The average molecular weight is 350 g/mol. The van der Waals surface area contributed by atoms with E-state index in [1.807, 2.05) is 46.9 Å². The molecule has 4 rings (SSSR count). The highest BCUT2D eigenvalue weighted by atomic mass is 32.1. The van der Waals surface area contributed by atoms with E-state index < -0.39 is 0 Å². The summed E-state index contributed by atoms with van der Waals surface area (Å²) in [6, 6.07) is 13.5. The van der Waals surface area contributed by atoms with Crippen LogP contribution in [0.3, 0.4) is 0 Å². The summed E-state index contributed by atoms with van der Waals surface area (Å²) in [7, 11) is 0. The van der Waals surface area contributed by atoms with Crippen molar-refractivity contribution < 1.29 is 4.79 Å². The number of para-hydroxylation sites is 2. The molecule has 5 nitrogen and oxygen atoms in total. The predicted molar refractivity (Wildman–Crippen MR) is 103 cm³/mol. The lowest BCUT2D eigenvalue weighted by Gasteiger charge is -2.07. The van der Waals surface area contributed by atoms with Gasteiger partial charge in [0.2, 0.25) is 0 Å². The molecule has 126 valence electrons. The van der Waals surface area contributed by atoms with Crippen molar-refractivity contribution in [3.8, 4) is 0 Å². The van der Waals surface area contributed by atoms with E-state index in [4.69, 9.17) is 17.2 Å². The summed E-state index contributed by atoms with van der Waals surface area (Å²) in [5.74, 6) is -0.0666. The zero-order valence-corrected chi connectivity index (χ0v) is 14.7. The molecule has 2 N–H and O–H groups in total. The Kier molecular flexibility index (Phi) is 3.97. The molecule has 0 unspecified atom stereocenters. The summed E-state index contributed by atoms with van der Waals surface area (Å²) in [5.41, 5.74) is 4.11. The van der Waals surface area contributed by atoms with Crippen LogP contribution in [-0.4, -0.2) is 26.8 Å². The minimum Gasteiger partial charge on any atom is -0.352 e. The van der Waals surface area contributed by atoms with Crippen molar-refractivity contribution in [2.45, 2.75) is 19.8 Å². The third-order valence-electron chi connectivity index (χ3n) is 4.34. The maximum absolute atomic E-state index is 12.3. The smallest absolute Gasteiger partial charge is 0.251 e. The number of benzene rings is 2. The van der Waals surface area contributed by atoms with E-state index >= 15 is 0 Å². The minimum absolute atomic E-state index is 0.0666. The fraction of sp³-hybridized carbons (Fsp3) is 0.211. The van der Waals surface area contributed by atoms with E-state index in [0.717, 1.165) is 40.4 Å². The van der Waals surface area contributed by atoms with Gasteiger partial charge in [-0.2, -0.15) is 0 Å². The van der Waals surface area contributed by atoms with Gasteiger partial charge in [-0.25, -0.2) is 4.98 Å². The number of hydrogen-bond donors (Lipinski definition) is 2. The molecule has 0 saturated heterocycles. The molecule has 0 radical (unpaired) electrons. The Morgan fingerprint density at radius 2 is 2.12 bits per heavy atom. The van der Waals surface area contributed by atoms with Gasteiger partial charge in [0.1, 0.15) is 5.65 Å². The van der Waals surface area contributed by atoms with Crippen LogP contribution in [0.1, 0.15) is 30.1 Å². The summed E-state index contributed by atoms with van der Waals surface area (Å²) in [4.78, 5) is 20.2. The summed E-state index contributed by atoms with van der Waals surface area (Å²) >= 11 is 5.52. The number of carbonyl (C=O) groups is 1. The van der Waals surface area contributed by atoms with Crippen LogP contribution in [0.5, 0.6) is 0 Å². The minimum atomic E-state index is -0.0666. The van der Waals surface area contributed by atoms with Crippen molar-refractivity contribution in [1.29, 1.82) is 0 Å². The SMILES string of the molecule is CCCCNC(=O)c1ccc2c(c1)[nH]c(=S)n1c3ccccc3nc21. The molecule has 0 spiro atoms. The lowest BCUT2D eigenvalue weighted by Crippen LogP contribution is -2.24. The lowest BCUT2D eigenvalue weighted by molar-refractivity contribution is 0.0953. The third-order valence-corrected chi connectivity index (χ3v) is 4.63. The van der Waals surface area contributed by atoms with Crippen molar-refractivity contribution in [2.75, 3.05) is 6.54 Å². The second-order valence-corrected chi connectivity index (χ2v) is 6.45. The number of aromatic nitrogens is 3. The number of aromatic amines is 1. The van der Waals surface area contributed by atoms with E-state index in [-0.39, 0.29) is 5.91 Å². The molecule has 1 amide bonds. The first-order chi connectivity index (χ1) is 12.2. The number of hydrogen-bond acceptors (Lipinski definition) is 3. The van der Waals surface area contributed by atoms with Crippen LogP contribution >= 0.6 is 12.2 Å². The highest BCUT2D eigenvalue weighted by Gasteiger charge is 2.12. The Labute approximate surface area is 149 Å². The fourth-order valence-electron chi connectivity index (χ4n) is 3.05. The van der Waals surface area contributed by atoms with E-state index in [2.05, 4.69) is 17.2 Å². The van der Waals surface area contributed by atoms with E-state index in [9.17, 15) is 4.79 Å². The lowest BCUT2D eigenvalue weighted by atomic mass is 10.1. The Morgan fingerprint density at radius 3 is 2.96 bits per heavy atom. The highest BCUT2D eigenvalue weighted by Crippen LogP contribution is 2.24. The van der Waals surface area contributed by atoms with Gasteiger partial charge >= 0.3 is 0 Å². The number of H-pyrrole nitrogens is 1. The van der Waals surface area contributed by atoms with Crippen LogP contribution in [0.15, 0.2) is 42.5 Å². The van der Waals surface area contributed by atoms with E-state index in [1.54, 1.807) is 0 Å². The van der Waals surface area contributed by atoms with Crippen LogP contribution in [0.25, 0.3) is 27.6 Å². The largest absolute Gasteiger partial charge is 0.352 e. The molecule has 0 fully saturated rings. The number of imidazole rings is 1. The molecule has 25 heavy (non-hydrogen) atoms. The van der Waals surface area contributed by atoms with Gasteiger partial charge < -0.3 is 10.3 Å². The van der Waals surface area contributed by atoms with Crippen LogP contribution in [-0.2, 0) is 0 Å². The van der Waals surface area contributed by atoms with Gasteiger partial charge in [0.15, 0.2) is 4.77 Å². The summed E-state index contributed by atoms with van der Waals surface area (Å²) in [5, 5.41) is 3.88. The molecule has 2 heterocycles. The Hall–Kier alpha value is -2.73. The Morgan fingerprint density at radius 1 is 1.28 bits per heavy atom. The van der Waals surface area contributed by atoms with E-state index in [1.165, 1.54) is 0 Å². The molecule has 0 bridgehead atoms. The molecule has 4 aromatic rings. The van der Waals surface area contributed by atoms with E-state index in [0.29, 0.717) is 16.9 Å². The van der Waals surface area contributed by atoms with Crippen LogP contribution in [0.4, 0.5) is 0 Å². The molecule has 2 aromatic heterocycles. The van der Waals surface area contributed by atoms with Crippen molar-refractivity contribution >= 4 is 45.7 Å². The summed E-state index contributed by atoms with van der Waals surface area (Å²) in [6.07, 6.45) is 2.03. The average Bonchev–Trinajstić information content (AvgIpc) is 3.01. The zero-order chi connectivity index (χ0) is 17.4. The molecule has 0 aliphatic carbocycles. The standard InChI is InChI=1S/C19H18N4OS/c1-2-3-10-20-18(24)12-8-9-13-15(11-12)22-19(25)23-16-7-5-4-6-14(16)21-17(13)23/h4-9,11H,2-3,10H2,1H3,(H,20,24)(H,22,25). The number of fused-ring (bicyclic) bond motifs is 5. The fourth-order valence-corrected chi connectivity index (χ4v) is 3.34. The predicted octanol–water partition coefficient (Wildman–Crippen LogP) is 4.23. The molecule has 0 saturated carbocycles. The van der Waals surface area contributed by atoms with Gasteiger partial charge in [-0.05, 0) is 49.0 Å². The molecular weight excluding hydrogens is 332 g/mol. The van der Waals surface area contributed by atoms with Crippen LogP contribution < -0.4 is 5.32 Å². The number of amides is 1. The monoisotopic (exact) mass is 350 g/mol. The van der Waals surface area contributed by atoms with Gasteiger partial charge in [-0.1, -0.05) is 25.5 Å². The van der Waals surface area contributed by atoms with Gasteiger partial charge in [-0.3, -0.25) is 9.20 Å². The summed E-state index contributed by atoms with van der Waals surface area (Å²) in [6.45, 7) is 2.79. The highest BCUT2D eigenvalue weighted by molar-refractivity contribution is 7.71. The van der Waals surface area contributed by atoms with Crippen molar-refractivity contribution in [2.24, 2.45) is 0 Å². The topological polar surface area (TPSA) is 62.2 Å². The normalized spacial score (nSPS) is 11.4. The number of unbranched alkanes of at least 4 members (excludes halogenated alkanes) is 1. The maximum atomic E-state index is 12.3. The zero-order valence-electron chi connectivity index (χ0n) is 13.9. The number of rotatable bonds is 4. The number of carbonyl (C=O) groups excluding carboxylic acids is 1. The van der Waals surface area contributed by atoms with Crippen molar-refractivity contribution in [3.05, 3.63) is 52.8 Å². The van der Waals surface area contributed by atoms with Gasteiger partial charge in [-0.15, -0.1) is 0 Å². The first-order valence-corrected chi connectivity index (χ1v) is 8.81. The third kappa shape index (κ3) is 2.68. The molecule has 0 atom stereocenters. The molecular formula is C19H18N4OS. The quantitative estimate of drug-likeness (QED) is 0.428. The second-order valence-electron chi connectivity index (χ2n) is 6.06. The first-order valence-electron chi connectivity index (χ1n) is 8.40. The van der Waals surface area contributed by atoms with Gasteiger partial charge in [0.05, 0.1) is 16.6 Å². The number of nitrogens with zero attached hydrogens (tertiary/aromatic N) is 2. The second kappa shape index (κ2) is 6.29. The van der Waals surface area contributed by atoms with Crippen molar-refractivity contribution in [3.63, 3.8) is 0 Å². The van der Waals surface area contributed by atoms with Crippen LogP contribution in [0, 0.1) is 4.77 Å². The Bertz CT molecular complexity index is 1160. The maximum Gasteiger partial charge on any atom is 0.251 e.